The second-order valence-electron chi connectivity index (χ2n) is 4.11. The highest BCUT2D eigenvalue weighted by atomic mass is 16.5. The highest BCUT2D eigenvalue weighted by Gasteiger charge is 2.00. The first-order valence-electron chi connectivity index (χ1n) is 5.69. The van der Waals surface area contributed by atoms with Crippen LogP contribution in [0, 0.1) is 5.92 Å². The van der Waals surface area contributed by atoms with Crippen LogP contribution < -0.4 is 5.32 Å². The molecule has 0 spiro atoms. The summed E-state index contributed by atoms with van der Waals surface area (Å²) in [5.41, 5.74) is 2.28. The molecule has 0 saturated carbocycles. The van der Waals surface area contributed by atoms with Crippen LogP contribution in [0.5, 0.6) is 0 Å². The van der Waals surface area contributed by atoms with Gasteiger partial charge in [-0.15, -0.1) is 0 Å². The normalized spacial score (nSPS) is 12.4. The van der Waals surface area contributed by atoms with E-state index in [1.54, 1.807) is 7.11 Å². The lowest BCUT2D eigenvalue weighted by atomic mass is 10.1. The maximum Gasteiger partial charge on any atom is 0.0504 e. The molecule has 0 radical (unpaired) electrons. The maximum atomic E-state index is 8.79. The maximum absolute atomic E-state index is 8.79. The molecule has 3 heteroatoms. The van der Waals surface area contributed by atoms with Crippen molar-refractivity contribution in [2.75, 3.05) is 32.2 Å². The lowest BCUT2D eigenvalue weighted by molar-refractivity contribution is 0.164. The number of methoxy groups -OCH3 is 1. The first-order chi connectivity index (χ1) is 7.76. The van der Waals surface area contributed by atoms with Gasteiger partial charge in [0.15, 0.2) is 0 Å². The minimum Gasteiger partial charge on any atom is -0.396 e. The van der Waals surface area contributed by atoms with E-state index in [2.05, 4.69) is 12.2 Å². The molecule has 0 aromatic heterocycles. The molecule has 1 rings (SSSR count). The summed E-state index contributed by atoms with van der Waals surface area (Å²) < 4.78 is 5.08. The lowest BCUT2D eigenvalue weighted by Crippen LogP contribution is -2.15. The highest BCUT2D eigenvalue weighted by Crippen LogP contribution is 2.10. The number of benzene rings is 1. The number of nitrogens with one attached hydrogen (secondary N) is 1. The van der Waals surface area contributed by atoms with Gasteiger partial charge in [0.2, 0.25) is 0 Å². The van der Waals surface area contributed by atoms with E-state index < -0.39 is 0 Å². The summed E-state index contributed by atoms with van der Waals surface area (Å²) >= 11 is 0. The van der Waals surface area contributed by atoms with Crippen LogP contribution in [0.25, 0.3) is 0 Å². The number of rotatable bonds is 7. The molecule has 1 unspecified atom stereocenters. The summed E-state index contributed by atoms with van der Waals surface area (Å²) in [6.45, 7) is 4.04. The fourth-order valence-corrected chi connectivity index (χ4v) is 1.55. The van der Waals surface area contributed by atoms with E-state index in [0.717, 1.165) is 30.8 Å². The van der Waals surface area contributed by atoms with Crippen LogP contribution >= 0.6 is 0 Å². The molecule has 0 aliphatic carbocycles. The van der Waals surface area contributed by atoms with Crippen LogP contribution in [0.1, 0.15) is 12.5 Å². The molecule has 0 aliphatic rings. The quantitative estimate of drug-likeness (QED) is 0.742. The third-order valence-electron chi connectivity index (χ3n) is 2.46. The number of aliphatic hydroxyl groups excluding tert-OH is 1. The molecule has 2 N–H and O–H groups in total. The van der Waals surface area contributed by atoms with Crippen molar-refractivity contribution >= 4 is 5.69 Å². The average molecular weight is 223 g/mol. The molecule has 0 heterocycles. The Labute approximate surface area is 97.4 Å². The largest absolute Gasteiger partial charge is 0.396 e. The Balaban J connectivity index is 2.37. The Hall–Kier alpha value is -1.06. The summed E-state index contributed by atoms with van der Waals surface area (Å²) in [6.07, 6.45) is 0.723. The van der Waals surface area contributed by atoms with Crippen LogP contribution in [-0.2, 0) is 11.2 Å². The van der Waals surface area contributed by atoms with Gasteiger partial charge >= 0.3 is 0 Å². The first kappa shape index (κ1) is 13.0. The van der Waals surface area contributed by atoms with Gasteiger partial charge in [0.1, 0.15) is 0 Å². The van der Waals surface area contributed by atoms with E-state index in [-0.39, 0.29) is 6.61 Å². The molecule has 1 atom stereocenters. The van der Waals surface area contributed by atoms with Gasteiger partial charge in [0.25, 0.3) is 0 Å². The topological polar surface area (TPSA) is 41.5 Å². The van der Waals surface area contributed by atoms with Gasteiger partial charge < -0.3 is 15.2 Å². The van der Waals surface area contributed by atoms with Crippen molar-refractivity contribution in [2.45, 2.75) is 13.3 Å². The Morgan fingerprint density at radius 3 is 2.56 bits per heavy atom. The summed E-state index contributed by atoms with van der Waals surface area (Å²) in [6, 6.07) is 8.17. The van der Waals surface area contributed by atoms with Gasteiger partial charge in [0, 0.05) is 25.9 Å². The van der Waals surface area contributed by atoms with Crippen molar-refractivity contribution in [1.82, 2.24) is 0 Å². The molecule has 1 aromatic rings. The third kappa shape index (κ3) is 4.64. The summed E-state index contributed by atoms with van der Waals surface area (Å²) in [5, 5.41) is 12.2. The zero-order valence-corrected chi connectivity index (χ0v) is 10.1. The van der Waals surface area contributed by atoms with Gasteiger partial charge in [-0.05, 0) is 30.0 Å². The van der Waals surface area contributed by atoms with E-state index in [1.165, 1.54) is 0 Å². The highest BCUT2D eigenvalue weighted by molar-refractivity contribution is 5.44. The van der Waals surface area contributed by atoms with Gasteiger partial charge in [-0.2, -0.15) is 0 Å². The minimum atomic E-state index is 0.206. The smallest absolute Gasteiger partial charge is 0.0504 e. The molecular formula is C13H21NO2. The minimum absolute atomic E-state index is 0.206. The summed E-state index contributed by atoms with van der Waals surface area (Å²) in [7, 11) is 1.72. The fraction of sp³-hybridized carbons (Fsp3) is 0.538. The van der Waals surface area contributed by atoms with Gasteiger partial charge in [-0.3, -0.25) is 0 Å². The van der Waals surface area contributed by atoms with E-state index in [1.807, 2.05) is 24.3 Å². The Morgan fingerprint density at radius 2 is 2.00 bits per heavy atom. The molecule has 0 aliphatic heterocycles. The van der Waals surface area contributed by atoms with Crippen molar-refractivity contribution in [3.63, 3.8) is 0 Å². The molecular weight excluding hydrogens is 202 g/mol. The fourth-order valence-electron chi connectivity index (χ4n) is 1.55. The van der Waals surface area contributed by atoms with Crippen molar-refractivity contribution in [1.29, 1.82) is 0 Å². The monoisotopic (exact) mass is 223 g/mol. The second-order valence-corrected chi connectivity index (χ2v) is 4.11. The molecule has 3 nitrogen and oxygen atoms in total. The third-order valence-corrected chi connectivity index (χ3v) is 2.46. The summed E-state index contributed by atoms with van der Waals surface area (Å²) in [4.78, 5) is 0. The molecule has 90 valence electrons. The van der Waals surface area contributed by atoms with Crippen LogP contribution in [-0.4, -0.2) is 32.0 Å². The molecule has 0 fully saturated rings. The SMILES string of the molecule is COCC(C)CNc1ccc(CCO)cc1. The standard InChI is InChI=1S/C13H21NO2/c1-11(10-16-2)9-14-13-5-3-12(4-6-13)7-8-15/h3-6,11,14-15H,7-10H2,1-2H3. The van der Waals surface area contributed by atoms with Crippen molar-refractivity contribution in [2.24, 2.45) is 5.92 Å². The zero-order chi connectivity index (χ0) is 11.8. The average Bonchev–Trinajstić information content (AvgIpc) is 2.29. The summed E-state index contributed by atoms with van der Waals surface area (Å²) in [5.74, 6) is 0.502. The number of ether oxygens (including phenoxy) is 1. The number of aliphatic hydroxyl groups is 1. The van der Waals surface area contributed by atoms with Gasteiger partial charge in [-0.1, -0.05) is 19.1 Å². The Bertz CT molecular complexity index is 284. The van der Waals surface area contributed by atoms with Gasteiger partial charge in [-0.25, -0.2) is 0 Å². The van der Waals surface area contributed by atoms with Crippen molar-refractivity contribution in [3.05, 3.63) is 29.8 Å². The number of hydrogen-bond donors (Lipinski definition) is 2. The van der Waals surface area contributed by atoms with Crippen molar-refractivity contribution in [3.8, 4) is 0 Å². The second kappa shape index (κ2) is 7.25. The molecule has 0 amide bonds. The van der Waals surface area contributed by atoms with Crippen molar-refractivity contribution < 1.29 is 9.84 Å². The van der Waals surface area contributed by atoms with Gasteiger partial charge in [0.05, 0.1) is 6.61 Å². The van der Waals surface area contributed by atoms with Crippen LogP contribution in [0.3, 0.4) is 0 Å². The van der Waals surface area contributed by atoms with Crippen LogP contribution in [0.4, 0.5) is 5.69 Å². The number of hydrogen-bond acceptors (Lipinski definition) is 3. The molecule has 0 bridgehead atoms. The molecule has 16 heavy (non-hydrogen) atoms. The van der Waals surface area contributed by atoms with Crippen LogP contribution in [0.2, 0.25) is 0 Å². The van der Waals surface area contributed by atoms with Crippen LogP contribution in [0.15, 0.2) is 24.3 Å². The Morgan fingerprint density at radius 1 is 1.31 bits per heavy atom. The van der Waals surface area contributed by atoms with E-state index >= 15 is 0 Å². The lowest BCUT2D eigenvalue weighted by Gasteiger charge is -2.12. The molecule has 0 saturated heterocycles. The van der Waals surface area contributed by atoms with E-state index in [9.17, 15) is 0 Å². The van der Waals surface area contributed by atoms with E-state index in [4.69, 9.17) is 9.84 Å². The van der Waals surface area contributed by atoms with E-state index in [0.29, 0.717) is 5.92 Å². The number of anilines is 1. The predicted octanol–water partition coefficient (Wildman–Crippen LogP) is 1.92. The predicted molar refractivity (Wildman–Crippen MR) is 66.8 cm³/mol. The Kier molecular flexibility index (Phi) is 5.90. The molecule has 1 aromatic carbocycles. The zero-order valence-electron chi connectivity index (χ0n) is 10.1. The first-order valence-corrected chi connectivity index (χ1v) is 5.69.